The van der Waals surface area contributed by atoms with Gasteiger partial charge in [0.2, 0.25) is 0 Å². The number of aryl methyl sites for hydroxylation is 1. The number of rotatable bonds is 6. The number of pyridine rings is 2. The average Bonchev–Trinajstić information content (AvgIpc) is 3.15. The number of hydrogen-bond acceptors (Lipinski definition) is 5. The SMILES string of the molecule is C=C(/C=C\N(N)c1ccncc1)C(=C)c1ccnn1-c1ccncc1C. The van der Waals surface area contributed by atoms with Gasteiger partial charge in [-0.25, -0.2) is 10.5 Å². The van der Waals surface area contributed by atoms with Crippen molar-refractivity contribution in [2.75, 3.05) is 5.01 Å². The van der Waals surface area contributed by atoms with Gasteiger partial charge in [0.25, 0.3) is 0 Å². The van der Waals surface area contributed by atoms with Crippen LogP contribution in [0.3, 0.4) is 0 Å². The van der Waals surface area contributed by atoms with Gasteiger partial charge in [0.15, 0.2) is 0 Å². The zero-order valence-corrected chi connectivity index (χ0v) is 14.6. The van der Waals surface area contributed by atoms with E-state index in [1.165, 1.54) is 5.01 Å². The highest BCUT2D eigenvalue weighted by molar-refractivity contribution is 5.78. The van der Waals surface area contributed by atoms with Gasteiger partial charge >= 0.3 is 0 Å². The molecule has 6 nitrogen and oxygen atoms in total. The number of hydrogen-bond donors (Lipinski definition) is 1. The number of nitrogens with zero attached hydrogens (tertiary/aromatic N) is 5. The molecule has 0 saturated carbocycles. The first-order chi connectivity index (χ1) is 12.6. The van der Waals surface area contributed by atoms with Gasteiger partial charge in [0, 0.05) is 31.0 Å². The summed E-state index contributed by atoms with van der Waals surface area (Å²) in [6.45, 7) is 10.3. The molecule has 26 heavy (non-hydrogen) atoms. The number of aromatic nitrogens is 4. The van der Waals surface area contributed by atoms with Crippen molar-refractivity contribution in [3.8, 4) is 5.69 Å². The van der Waals surface area contributed by atoms with Gasteiger partial charge in [-0.1, -0.05) is 13.2 Å². The first kappa shape index (κ1) is 17.3. The maximum absolute atomic E-state index is 6.03. The van der Waals surface area contributed by atoms with E-state index in [4.69, 9.17) is 5.84 Å². The van der Waals surface area contributed by atoms with Gasteiger partial charge in [0.05, 0.1) is 23.3 Å². The van der Waals surface area contributed by atoms with E-state index in [0.717, 1.165) is 33.8 Å². The molecule has 2 N–H and O–H groups in total. The first-order valence-corrected chi connectivity index (χ1v) is 8.03. The van der Waals surface area contributed by atoms with Crippen molar-refractivity contribution in [2.24, 2.45) is 5.84 Å². The van der Waals surface area contributed by atoms with Crippen LogP contribution < -0.4 is 10.9 Å². The molecular formula is C20H20N6. The Morgan fingerprint density at radius 2 is 1.81 bits per heavy atom. The lowest BCUT2D eigenvalue weighted by Crippen LogP contribution is -2.23. The Hall–Kier alpha value is -3.51. The number of allylic oxidation sites excluding steroid dienone is 3. The third-order valence-electron chi connectivity index (χ3n) is 3.96. The highest BCUT2D eigenvalue weighted by Gasteiger charge is 2.11. The Bertz CT molecular complexity index is 955. The summed E-state index contributed by atoms with van der Waals surface area (Å²) >= 11 is 0. The second kappa shape index (κ2) is 7.58. The molecule has 3 aromatic rings. The Morgan fingerprint density at radius 1 is 1.08 bits per heavy atom. The van der Waals surface area contributed by atoms with Crippen LogP contribution in [-0.4, -0.2) is 19.7 Å². The van der Waals surface area contributed by atoms with Crippen LogP contribution in [0.4, 0.5) is 5.69 Å². The van der Waals surface area contributed by atoms with E-state index in [1.807, 2.05) is 41.9 Å². The van der Waals surface area contributed by atoms with Crippen LogP contribution in [0.1, 0.15) is 11.3 Å². The van der Waals surface area contributed by atoms with Crippen molar-refractivity contribution in [3.63, 3.8) is 0 Å². The maximum atomic E-state index is 6.03. The fourth-order valence-electron chi connectivity index (χ4n) is 2.47. The molecule has 0 atom stereocenters. The standard InChI is InChI=1S/C20H20N6/c1-15(8-13-25(21)18-4-9-22-10-5-18)17(3)20-7-12-24-26(20)19-6-11-23-14-16(19)2/h4-14H,1,3,21H2,2H3/b13-8-. The molecule has 0 bridgehead atoms. The third kappa shape index (κ3) is 3.60. The first-order valence-electron chi connectivity index (χ1n) is 8.03. The van der Waals surface area contributed by atoms with Gasteiger partial charge in [-0.2, -0.15) is 5.10 Å². The molecule has 0 aliphatic rings. The van der Waals surface area contributed by atoms with Gasteiger partial charge in [-0.05, 0) is 54.0 Å². The van der Waals surface area contributed by atoms with Crippen LogP contribution in [0.25, 0.3) is 11.3 Å². The van der Waals surface area contributed by atoms with Crippen LogP contribution in [-0.2, 0) is 0 Å². The topological polar surface area (TPSA) is 72.9 Å². The summed E-state index contributed by atoms with van der Waals surface area (Å²) in [6.07, 6.45) is 12.2. The largest absolute Gasteiger partial charge is 0.287 e. The van der Waals surface area contributed by atoms with E-state index < -0.39 is 0 Å². The summed E-state index contributed by atoms with van der Waals surface area (Å²) in [5, 5.41) is 5.92. The van der Waals surface area contributed by atoms with Crippen LogP contribution >= 0.6 is 0 Å². The molecule has 0 amide bonds. The fraction of sp³-hybridized carbons (Fsp3) is 0.0500. The van der Waals surface area contributed by atoms with Crippen LogP contribution in [0, 0.1) is 6.92 Å². The maximum Gasteiger partial charge on any atom is 0.0740 e. The van der Waals surface area contributed by atoms with Crippen molar-refractivity contribution in [3.05, 3.63) is 97.5 Å². The average molecular weight is 344 g/mol. The molecule has 0 spiro atoms. The lowest BCUT2D eigenvalue weighted by Gasteiger charge is -2.14. The van der Waals surface area contributed by atoms with Crippen LogP contribution in [0.15, 0.2) is 86.3 Å². The van der Waals surface area contributed by atoms with E-state index in [-0.39, 0.29) is 0 Å². The summed E-state index contributed by atoms with van der Waals surface area (Å²) in [7, 11) is 0. The summed E-state index contributed by atoms with van der Waals surface area (Å²) < 4.78 is 1.83. The summed E-state index contributed by atoms with van der Waals surface area (Å²) in [6, 6.07) is 7.47. The van der Waals surface area contributed by atoms with E-state index >= 15 is 0 Å². The van der Waals surface area contributed by atoms with E-state index in [2.05, 4.69) is 28.2 Å². The molecule has 6 heteroatoms. The van der Waals surface area contributed by atoms with Crippen molar-refractivity contribution >= 4 is 11.3 Å². The molecule has 0 aromatic carbocycles. The zero-order valence-electron chi connectivity index (χ0n) is 14.6. The van der Waals surface area contributed by atoms with Crippen molar-refractivity contribution < 1.29 is 0 Å². The molecule has 0 saturated heterocycles. The molecule has 130 valence electrons. The minimum atomic E-state index is 0.739. The summed E-state index contributed by atoms with van der Waals surface area (Å²) in [5.74, 6) is 6.03. The highest BCUT2D eigenvalue weighted by Crippen LogP contribution is 2.24. The van der Waals surface area contributed by atoms with Crippen LogP contribution in [0.5, 0.6) is 0 Å². The van der Waals surface area contributed by atoms with E-state index in [9.17, 15) is 0 Å². The highest BCUT2D eigenvalue weighted by atomic mass is 15.4. The van der Waals surface area contributed by atoms with E-state index in [1.54, 1.807) is 37.2 Å². The molecule has 0 unspecified atom stereocenters. The van der Waals surface area contributed by atoms with Crippen LogP contribution in [0.2, 0.25) is 0 Å². The fourth-order valence-corrected chi connectivity index (χ4v) is 2.47. The number of nitrogens with two attached hydrogens (primary N) is 1. The predicted octanol–water partition coefficient (Wildman–Crippen LogP) is 3.43. The Balaban J connectivity index is 1.80. The monoisotopic (exact) mass is 344 g/mol. The quantitative estimate of drug-likeness (QED) is 0.421. The molecule has 3 rings (SSSR count). The predicted molar refractivity (Wildman–Crippen MR) is 104 cm³/mol. The zero-order chi connectivity index (χ0) is 18.5. The lowest BCUT2D eigenvalue weighted by molar-refractivity contribution is 0.856. The second-order valence-electron chi connectivity index (χ2n) is 5.72. The van der Waals surface area contributed by atoms with Crippen molar-refractivity contribution in [1.29, 1.82) is 0 Å². The van der Waals surface area contributed by atoms with Crippen molar-refractivity contribution in [1.82, 2.24) is 19.7 Å². The molecule has 0 aliphatic carbocycles. The minimum absolute atomic E-state index is 0.739. The molecule has 3 aromatic heterocycles. The molecule has 0 fully saturated rings. The van der Waals surface area contributed by atoms with Gasteiger partial charge in [0.1, 0.15) is 0 Å². The summed E-state index contributed by atoms with van der Waals surface area (Å²) in [5.41, 5.74) is 5.17. The van der Waals surface area contributed by atoms with Gasteiger partial charge in [-0.3, -0.25) is 15.0 Å². The van der Waals surface area contributed by atoms with Gasteiger partial charge < -0.3 is 0 Å². The Morgan fingerprint density at radius 3 is 2.54 bits per heavy atom. The minimum Gasteiger partial charge on any atom is -0.287 e. The third-order valence-corrected chi connectivity index (χ3v) is 3.96. The Kier molecular flexibility index (Phi) is 5.05. The summed E-state index contributed by atoms with van der Waals surface area (Å²) in [4.78, 5) is 8.10. The number of anilines is 1. The Labute approximate surface area is 152 Å². The molecule has 0 aliphatic heterocycles. The number of hydrazine groups is 1. The second-order valence-corrected chi connectivity index (χ2v) is 5.72. The molecule has 3 heterocycles. The normalized spacial score (nSPS) is 10.8. The van der Waals surface area contributed by atoms with Gasteiger partial charge in [-0.15, -0.1) is 0 Å². The molecule has 0 radical (unpaired) electrons. The molecular weight excluding hydrogens is 324 g/mol. The van der Waals surface area contributed by atoms with Crippen molar-refractivity contribution in [2.45, 2.75) is 6.92 Å². The lowest BCUT2D eigenvalue weighted by atomic mass is 10.1. The smallest absolute Gasteiger partial charge is 0.0740 e. The van der Waals surface area contributed by atoms with E-state index in [0.29, 0.717) is 0 Å².